The smallest absolute Gasteiger partial charge is 0.219 e. The zero-order chi connectivity index (χ0) is 26.2. The number of unbranched alkanes of at least 4 members (excludes halogenated alkanes) is 1. The number of nitrogens with zero attached hydrogens (tertiary/aromatic N) is 5. The van der Waals surface area contributed by atoms with Crippen LogP contribution in [0.4, 0.5) is 17.2 Å². The summed E-state index contributed by atoms with van der Waals surface area (Å²) in [4.78, 5) is 20.6. The van der Waals surface area contributed by atoms with Crippen molar-refractivity contribution in [3.63, 3.8) is 0 Å². The van der Waals surface area contributed by atoms with Crippen LogP contribution in [0.2, 0.25) is 0 Å². The van der Waals surface area contributed by atoms with E-state index < -0.39 is 0 Å². The fourth-order valence-corrected chi connectivity index (χ4v) is 3.21. The molecular weight excluding hydrogens is 456 g/mol. The molecular formula is C26H36N8O2. The molecule has 0 spiro atoms. The van der Waals surface area contributed by atoms with E-state index in [1.165, 1.54) is 11.8 Å². The molecule has 0 unspecified atom stereocenters. The van der Waals surface area contributed by atoms with Gasteiger partial charge in [-0.15, -0.1) is 13.2 Å². The first-order valence-corrected chi connectivity index (χ1v) is 12.1. The van der Waals surface area contributed by atoms with E-state index in [4.69, 9.17) is 10.3 Å². The molecule has 0 radical (unpaired) electrons. The van der Waals surface area contributed by atoms with Crippen molar-refractivity contribution in [3.8, 4) is 5.75 Å². The monoisotopic (exact) mass is 492 g/mol. The van der Waals surface area contributed by atoms with Crippen LogP contribution in [0.15, 0.2) is 61.1 Å². The molecule has 3 aromatic rings. The summed E-state index contributed by atoms with van der Waals surface area (Å²) in [6, 6.07) is 7.97. The summed E-state index contributed by atoms with van der Waals surface area (Å²) in [6.45, 7) is 11.9. The second-order valence-electron chi connectivity index (χ2n) is 7.92. The largest absolute Gasteiger partial charge is 0.494 e. The maximum absolute atomic E-state index is 12.0. The minimum absolute atomic E-state index is 0.0559. The third-order valence-corrected chi connectivity index (χ3v) is 5.13. The Bertz CT molecular complexity index is 1080. The van der Waals surface area contributed by atoms with Crippen molar-refractivity contribution in [2.45, 2.75) is 52.5 Å². The van der Waals surface area contributed by atoms with Gasteiger partial charge in [-0.3, -0.25) is 9.48 Å². The van der Waals surface area contributed by atoms with Crippen LogP contribution in [0.5, 0.6) is 5.75 Å². The minimum atomic E-state index is 0.0559. The molecule has 10 heteroatoms. The molecule has 0 aliphatic rings. The number of nitrogens with one attached hydrogen (secondary N) is 3. The van der Waals surface area contributed by atoms with Crippen molar-refractivity contribution in [1.82, 2.24) is 25.1 Å². The molecule has 0 fully saturated rings. The van der Waals surface area contributed by atoms with Gasteiger partial charge in [-0.1, -0.05) is 24.6 Å². The van der Waals surface area contributed by atoms with E-state index in [1.807, 2.05) is 44.3 Å². The molecule has 2 aromatic heterocycles. The lowest BCUT2D eigenvalue weighted by atomic mass is 10.2. The van der Waals surface area contributed by atoms with Crippen molar-refractivity contribution in [3.05, 3.63) is 67.4 Å². The van der Waals surface area contributed by atoms with Crippen molar-refractivity contribution >= 4 is 23.1 Å². The Kier molecular flexibility index (Phi) is 12.3. The highest BCUT2D eigenvalue weighted by atomic mass is 16.5. The van der Waals surface area contributed by atoms with Crippen molar-refractivity contribution in [2.75, 3.05) is 18.5 Å². The van der Waals surface area contributed by atoms with Gasteiger partial charge in [-0.05, 0) is 38.3 Å². The number of anilines is 2. The number of aromatic nitrogens is 4. The zero-order valence-electron chi connectivity index (χ0n) is 21.2. The molecule has 0 atom stereocenters. The number of benzene rings is 1. The van der Waals surface area contributed by atoms with Crippen LogP contribution in [0.25, 0.3) is 0 Å². The fraction of sp³-hybridized carbons (Fsp3) is 0.385. The number of aryl methyl sites for hydroxylation is 3. The Hall–Kier alpha value is -4.08. The number of carbonyl (C=O) groups excluding carboxylic acids is 1. The first-order chi connectivity index (χ1) is 17.6. The SMILES string of the molecule is C=C.CCc1ncc(N=N)c(Nc2cnn(CCCNC(=O)CCCCOc3ccc(C)cc3)c2)n1. The number of amides is 1. The van der Waals surface area contributed by atoms with Crippen molar-refractivity contribution in [2.24, 2.45) is 5.11 Å². The summed E-state index contributed by atoms with van der Waals surface area (Å²) < 4.78 is 7.49. The second kappa shape index (κ2) is 15.8. The van der Waals surface area contributed by atoms with Gasteiger partial charge in [0.1, 0.15) is 17.3 Å². The Balaban J connectivity index is 0.00000222. The lowest BCUT2D eigenvalue weighted by molar-refractivity contribution is -0.121. The quantitative estimate of drug-likeness (QED) is 0.155. The van der Waals surface area contributed by atoms with Crippen molar-refractivity contribution in [1.29, 1.82) is 5.53 Å². The van der Waals surface area contributed by atoms with Gasteiger partial charge in [-0.25, -0.2) is 15.5 Å². The van der Waals surface area contributed by atoms with E-state index in [0.29, 0.717) is 49.9 Å². The third kappa shape index (κ3) is 9.65. The van der Waals surface area contributed by atoms with Gasteiger partial charge < -0.3 is 15.4 Å². The molecule has 0 aliphatic carbocycles. The number of hydrogen-bond donors (Lipinski definition) is 3. The van der Waals surface area contributed by atoms with Gasteiger partial charge in [0.2, 0.25) is 5.91 Å². The summed E-state index contributed by atoms with van der Waals surface area (Å²) in [5, 5.41) is 13.9. The summed E-state index contributed by atoms with van der Waals surface area (Å²) in [5.74, 6) is 2.08. The summed E-state index contributed by atoms with van der Waals surface area (Å²) >= 11 is 0. The van der Waals surface area contributed by atoms with E-state index in [9.17, 15) is 4.79 Å². The maximum Gasteiger partial charge on any atom is 0.219 e. The summed E-state index contributed by atoms with van der Waals surface area (Å²) in [6.07, 6.45) is 8.67. The Morgan fingerprint density at radius 1 is 1.17 bits per heavy atom. The second-order valence-corrected chi connectivity index (χ2v) is 7.92. The lowest BCUT2D eigenvalue weighted by Crippen LogP contribution is -2.25. The molecule has 3 N–H and O–H groups in total. The van der Waals surface area contributed by atoms with E-state index >= 15 is 0 Å². The number of ether oxygens (including phenoxy) is 1. The molecule has 0 saturated heterocycles. The molecule has 192 valence electrons. The van der Waals surface area contributed by atoms with Crippen LogP contribution in [0, 0.1) is 12.5 Å². The van der Waals surface area contributed by atoms with E-state index in [1.54, 1.807) is 10.9 Å². The average molecular weight is 493 g/mol. The first kappa shape index (κ1) is 28.2. The highest BCUT2D eigenvalue weighted by Gasteiger charge is 2.08. The first-order valence-electron chi connectivity index (χ1n) is 12.1. The normalized spacial score (nSPS) is 10.2. The van der Waals surface area contributed by atoms with Gasteiger partial charge >= 0.3 is 0 Å². The molecule has 0 saturated carbocycles. The van der Waals surface area contributed by atoms with E-state index in [2.05, 4.69) is 44.0 Å². The lowest BCUT2D eigenvalue weighted by Gasteiger charge is -2.07. The van der Waals surface area contributed by atoms with Crippen LogP contribution in [-0.2, 0) is 17.8 Å². The number of rotatable bonds is 14. The fourth-order valence-electron chi connectivity index (χ4n) is 3.21. The van der Waals surface area contributed by atoms with Crippen LogP contribution in [0.1, 0.15) is 44.0 Å². The summed E-state index contributed by atoms with van der Waals surface area (Å²) in [5.41, 5.74) is 9.61. The van der Waals surface area contributed by atoms with Crippen molar-refractivity contribution < 1.29 is 9.53 Å². The van der Waals surface area contributed by atoms with Gasteiger partial charge in [-0.2, -0.15) is 10.2 Å². The summed E-state index contributed by atoms with van der Waals surface area (Å²) in [7, 11) is 0. The number of hydrogen-bond acceptors (Lipinski definition) is 8. The Morgan fingerprint density at radius 3 is 2.67 bits per heavy atom. The van der Waals surface area contributed by atoms with Crippen LogP contribution >= 0.6 is 0 Å². The van der Waals surface area contributed by atoms with Gasteiger partial charge in [0.15, 0.2) is 5.82 Å². The minimum Gasteiger partial charge on any atom is -0.494 e. The van der Waals surface area contributed by atoms with Crippen LogP contribution in [0.3, 0.4) is 0 Å². The maximum atomic E-state index is 12.0. The van der Waals surface area contributed by atoms with E-state index in [-0.39, 0.29) is 5.91 Å². The zero-order valence-corrected chi connectivity index (χ0v) is 21.2. The van der Waals surface area contributed by atoms with Gasteiger partial charge in [0.25, 0.3) is 0 Å². The number of carbonyl (C=O) groups is 1. The molecule has 1 amide bonds. The predicted octanol–water partition coefficient (Wildman–Crippen LogP) is 5.51. The van der Waals surface area contributed by atoms with Crippen LogP contribution in [-0.4, -0.2) is 38.8 Å². The van der Waals surface area contributed by atoms with Gasteiger partial charge in [0.05, 0.1) is 24.7 Å². The highest BCUT2D eigenvalue weighted by Crippen LogP contribution is 2.25. The molecule has 2 heterocycles. The standard InChI is InChI=1S/C24H32N8O2.C2H4/c1-3-22-27-16-21(31-25)24(30-22)29-19-15-28-32(17-19)13-6-12-26-23(33)7-4-5-14-34-20-10-8-18(2)9-11-20;1-2/h8-11,15-17,25H,3-7,12-14H2,1-2H3,(H,26,33)(H,27,29,30);1-2H2. The topological polar surface area (TPSA) is 130 Å². The Labute approximate surface area is 212 Å². The Morgan fingerprint density at radius 2 is 1.94 bits per heavy atom. The molecule has 0 bridgehead atoms. The van der Waals surface area contributed by atoms with E-state index in [0.717, 1.165) is 30.7 Å². The average Bonchev–Trinajstić information content (AvgIpc) is 3.35. The molecule has 1 aromatic carbocycles. The molecule has 0 aliphatic heterocycles. The highest BCUT2D eigenvalue weighted by molar-refractivity contribution is 5.75. The molecule has 10 nitrogen and oxygen atoms in total. The molecule has 3 rings (SSSR count). The van der Waals surface area contributed by atoms with Crippen LogP contribution < -0.4 is 15.4 Å². The predicted molar refractivity (Wildman–Crippen MR) is 141 cm³/mol. The third-order valence-electron chi connectivity index (χ3n) is 5.13. The van der Waals surface area contributed by atoms with Gasteiger partial charge in [0, 0.05) is 32.1 Å². The molecule has 36 heavy (non-hydrogen) atoms.